The summed E-state index contributed by atoms with van der Waals surface area (Å²) in [5.41, 5.74) is 2.25. The van der Waals surface area contributed by atoms with Crippen LogP contribution in [0.4, 0.5) is 15.8 Å². The second-order valence-electron chi connectivity index (χ2n) is 5.73. The summed E-state index contributed by atoms with van der Waals surface area (Å²) >= 11 is 0. The van der Waals surface area contributed by atoms with Gasteiger partial charge in [-0.1, -0.05) is 6.07 Å². The third-order valence-electron chi connectivity index (χ3n) is 3.75. The molecule has 2 aromatic carbocycles. The minimum atomic E-state index is -0.547. The Morgan fingerprint density at radius 1 is 1.24 bits per heavy atom. The van der Waals surface area contributed by atoms with E-state index >= 15 is 0 Å². The Kier molecular flexibility index (Phi) is 6.36. The summed E-state index contributed by atoms with van der Waals surface area (Å²) in [6.07, 6.45) is 0. The Balaban J connectivity index is 2.04. The molecule has 1 amide bonds. The van der Waals surface area contributed by atoms with E-state index in [4.69, 9.17) is 4.74 Å². The predicted octanol–water partition coefficient (Wildman–Crippen LogP) is 3.46. The first-order valence-corrected chi connectivity index (χ1v) is 8.14. The number of anilines is 2. The Labute approximate surface area is 146 Å². The first-order chi connectivity index (χ1) is 11.9. The number of amides is 1. The highest BCUT2D eigenvalue weighted by atomic mass is 19.1. The summed E-state index contributed by atoms with van der Waals surface area (Å²) in [7, 11) is 0. The Morgan fingerprint density at radius 3 is 2.60 bits per heavy atom. The normalized spacial score (nSPS) is 11.7. The lowest BCUT2D eigenvalue weighted by molar-refractivity contribution is -0.116. The molecule has 2 rings (SSSR count). The van der Waals surface area contributed by atoms with E-state index in [1.165, 1.54) is 6.07 Å². The number of rotatable bonds is 7. The molecule has 0 aliphatic heterocycles. The molecular formula is C19H23FN2O3. The van der Waals surface area contributed by atoms with Gasteiger partial charge in [0.1, 0.15) is 17.6 Å². The number of hydrogen-bond donors (Lipinski definition) is 3. The van der Waals surface area contributed by atoms with Gasteiger partial charge >= 0.3 is 0 Å². The largest absolute Gasteiger partial charge is 0.494 e. The maximum absolute atomic E-state index is 13.6. The quantitative estimate of drug-likeness (QED) is 0.718. The number of aliphatic hydroxyl groups is 1. The lowest BCUT2D eigenvalue weighted by atomic mass is 10.1. The zero-order valence-electron chi connectivity index (χ0n) is 14.6. The van der Waals surface area contributed by atoms with Gasteiger partial charge in [-0.05, 0) is 56.7 Å². The first-order valence-electron chi connectivity index (χ1n) is 8.14. The third-order valence-corrected chi connectivity index (χ3v) is 3.75. The lowest BCUT2D eigenvalue weighted by Gasteiger charge is -2.17. The van der Waals surface area contributed by atoms with Crippen LogP contribution in [0, 0.1) is 12.7 Å². The second kappa shape index (κ2) is 8.48. The van der Waals surface area contributed by atoms with Crippen LogP contribution in [-0.2, 0) is 11.4 Å². The molecule has 0 saturated heterocycles. The first kappa shape index (κ1) is 18.7. The molecule has 0 bridgehead atoms. The summed E-state index contributed by atoms with van der Waals surface area (Å²) < 4.78 is 19.0. The van der Waals surface area contributed by atoms with Crippen LogP contribution < -0.4 is 15.4 Å². The van der Waals surface area contributed by atoms with E-state index in [9.17, 15) is 14.3 Å². The highest BCUT2D eigenvalue weighted by Gasteiger charge is 2.14. The molecule has 6 heteroatoms. The number of halogens is 1. The standard InChI is InChI=1S/C19H23FN2O3/c1-4-25-18-8-7-15(9-14(18)11-23)21-13(3)19(24)22-16-6-5-12(2)17(20)10-16/h5-10,13,21,23H,4,11H2,1-3H3,(H,22,24). The van der Waals surface area contributed by atoms with Crippen LogP contribution >= 0.6 is 0 Å². The molecule has 25 heavy (non-hydrogen) atoms. The number of hydrogen-bond acceptors (Lipinski definition) is 4. The fraction of sp³-hybridized carbons (Fsp3) is 0.316. The van der Waals surface area contributed by atoms with Gasteiger partial charge in [0.05, 0.1) is 13.2 Å². The molecule has 1 unspecified atom stereocenters. The van der Waals surface area contributed by atoms with Gasteiger partial charge in [-0.2, -0.15) is 0 Å². The maximum Gasteiger partial charge on any atom is 0.246 e. The molecule has 5 nitrogen and oxygen atoms in total. The molecule has 0 radical (unpaired) electrons. The van der Waals surface area contributed by atoms with Crippen LogP contribution in [0.2, 0.25) is 0 Å². The molecule has 0 aromatic heterocycles. The van der Waals surface area contributed by atoms with Crippen LogP contribution in [-0.4, -0.2) is 23.7 Å². The predicted molar refractivity (Wildman–Crippen MR) is 96.4 cm³/mol. The number of carbonyl (C=O) groups excluding carboxylic acids is 1. The van der Waals surface area contributed by atoms with Crippen molar-refractivity contribution in [2.75, 3.05) is 17.2 Å². The van der Waals surface area contributed by atoms with E-state index in [0.29, 0.717) is 34.9 Å². The van der Waals surface area contributed by atoms with Crippen LogP contribution in [0.5, 0.6) is 5.75 Å². The summed E-state index contributed by atoms with van der Waals surface area (Å²) in [6.45, 7) is 5.58. The van der Waals surface area contributed by atoms with Gasteiger partial charge in [0, 0.05) is 16.9 Å². The summed E-state index contributed by atoms with van der Waals surface area (Å²) in [4.78, 5) is 12.3. The van der Waals surface area contributed by atoms with E-state index in [2.05, 4.69) is 10.6 Å². The van der Waals surface area contributed by atoms with Crippen LogP contribution in [0.15, 0.2) is 36.4 Å². The number of aryl methyl sites for hydroxylation is 1. The van der Waals surface area contributed by atoms with E-state index in [0.717, 1.165) is 0 Å². The molecule has 0 aliphatic carbocycles. The Bertz CT molecular complexity index is 749. The number of aliphatic hydroxyl groups excluding tert-OH is 1. The number of nitrogens with one attached hydrogen (secondary N) is 2. The molecule has 134 valence electrons. The molecule has 0 spiro atoms. The molecule has 1 atom stereocenters. The van der Waals surface area contributed by atoms with E-state index < -0.39 is 6.04 Å². The summed E-state index contributed by atoms with van der Waals surface area (Å²) in [5, 5.41) is 15.2. The van der Waals surface area contributed by atoms with Crippen molar-refractivity contribution in [2.45, 2.75) is 33.4 Å². The maximum atomic E-state index is 13.6. The topological polar surface area (TPSA) is 70.6 Å². The van der Waals surface area contributed by atoms with E-state index in [-0.39, 0.29) is 18.3 Å². The third kappa shape index (κ3) is 4.93. The number of benzene rings is 2. The molecule has 0 heterocycles. The lowest BCUT2D eigenvalue weighted by Crippen LogP contribution is -2.31. The van der Waals surface area contributed by atoms with Gasteiger partial charge in [0.25, 0.3) is 0 Å². The van der Waals surface area contributed by atoms with Gasteiger partial charge in [0.15, 0.2) is 0 Å². The molecule has 3 N–H and O–H groups in total. The SMILES string of the molecule is CCOc1ccc(NC(C)C(=O)Nc2ccc(C)c(F)c2)cc1CO. The average Bonchev–Trinajstić information content (AvgIpc) is 2.59. The van der Waals surface area contributed by atoms with Crippen molar-refractivity contribution in [3.05, 3.63) is 53.3 Å². The molecule has 0 aliphatic rings. The summed E-state index contributed by atoms with van der Waals surface area (Å²) in [5.74, 6) is -0.0389. The van der Waals surface area contributed by atoms with Crippen LogP contribution in [0.1, 0.15) is 25.0 Å². The minimum Gasteiger partial charge on any atom is -0.494 e. The molecule has 2 aromatic rings. The number of carbonyl (C=O) groups is 1. The molecule has 0 saturated carbocycles. The Hall–Kier alpha value is -2.60. The van der Waals surface area contributed by atoms with Gasteiger partial charge in [-0.15, -0.1) is 0 Å². The van der Waals surface area contributed by atoms with Crippen LogP contribution in [0.25, 0.3) is 0 Å². The van der Waals surface area contributed by atoms with Crippen molar-refractivity contribution in [2.24, 2.45) is 0 Å². The zero-order valence-corrected chi connectivity index (χ0v) is 14.6. The summed E-state index contributed by atoms with van der Waals surface area (Å²) in [6, 6.07) is 9.28. The van der Waals surface area contributed by atoms with Crippen molar-refractivity contribution in [3.63, 3.8) is 0 Å². The van der Waals surface area contributed by atoms with Crippen molar-refractivity contribution < 1.29 is 19.0 Å². The fourth-order valence-electron chi connectivity index (χ4n) is 2.33. The van der Waals surface area contributed by atoms with Gasteiger partial charge in [0.2, 0.25) is 5.91 Å². The minimum absolute atomic E-state index is 0.159. The van der Waals surface area contributed by atoms with Gasteiger partial charge in [-0.25, -0.2) is 4.39 Å². The van der Waals surface area contributed by atoms with Crippen molar-refractivity contribution >= 4 is 17.3 Å². The smallest absolute Gasteiger partial charge is 0.246 e. The highest BCUT2D eigenvalue weighted by molar-refractivity contribution is 5.96. The average molecular weight is 346 g/mol. The van der Waals surface area contributed by atoms with Gasteiger partial charge in [-0.3, -0.25) is 4.79 Å². The van der Waals surface area contributed by atoms with E-state index in [1.807, 2.05) is 6.92 Å². The zero-order chi connectivity index (χ0) is 18.4. The van der Waals surface area contributed by atoms with Gasteiger partial charge < -0.3 is 20.5 Å². The number of ether oxygens (including phenoxy) is 1. The van der Waals surface area contributed by atoms with Crippen molar-refractivity contribution in [1.29, 1.82) is 0 Å². The Morgan fingerprint density at radius 2 is 1.96 bits per heavy atom. The second-order valence-corrected chi connectivity index (χ2v) is 5.73. The van der Waals surface area contributed by atoms with Crippen molar-refractivity contribution in [1.82, 2.24) is 0 Å². The molecular weight excluding hydrogens is 323 g/mol. The van der Waals surface area contributed by atoms with Crippen LogP contribution in [0.3, 0.4) is 0 Å². The highest BCUT2D eigenvalue weighted by Crippen LogP contribution is 2.23. The van der Waals surface area contributed by atoms with Crippen molar-refractivity contribution in [3.8, 4) is 5.75 Å². The molecule has 0 fully saturated rings. The van der Waals surface area contributed by atoms with E-state index in [1.54, 1.807) is 44.2 Å². The monoisotopic (exact) mass is 346 g/mol. The fourth-order valence-corrected chi connectivity index (χ4v) is 2.33.